The van der Waals surface area contributed by atoms with E-state index >= 15 is 0 Å². The Morgan fingerprint density at radius 1 is 1.27 bits per heavy atom. The Labute approximate surface area is 133 Å². The highest BCUT2D eigenvalue weighted by Crippen LogP contribution is 2.14. The Kier molecular flexibility index (Phi) is 5.83. The van der Waals surface area contributed by atoms with Crippen LogP contribution in [0.3, 0.4) is 0 Å². The smallest absolute Gasteiger partial charge is 0.317 e. The number of carbonyl (C=O) groups excluding carboxylic acids is 1. The average Bonchev–Trinajstić information content (AvgIpc) is 2.46. The summed E-state index contributed by atoms with van der Waals surface area (Å²) in [6, 6.07) is 6.74. The maximum atomic E-state index is 12.3. The number of aryl methyl sites for hydroxylation is 2. The molecule has 1 atom stereocenters. The molecule has 0 spiro atoms. The first kappa shape index (κ1) is 16.8. The van der Waals surface area contributed by atoms with Crippen molar-refractivity contribution in [2.45, 2.75) is 52.2 Å². The Morgan fingerprint density at radius 3 is 2.41 bits per heavy atom. The lowest BCUT2D eigenvalue weighted by atomic mass is 10.0. The van der Waals surface area contributed by atoms with Crippen molar-refractivity contribution in [3.05, 3.63) is 34.9 Å². The number of carbonyl (C=O) groups is 1. The summed E-state index contributed by atoms with van der Waals surface area (Å²) in [7, 11) is 1.74. The van der Waals surface area contributed by atoms with Crippen molar-refractivity contribution in [1.29, 1.82) is 0 Å². The molecule has 0 saturated carbocycles. The molecule has 1 saturated heterocycles. The third-order valence-electron chi connectivity index (χ3n) is 4.26. The molecule has 1 aliphatic rings. The maximum Gasteiger partial charge on any atom is 0.317 e. The second-order valence-electron chi connectivity index (χ2n) is 6.47. The molecule has 1 aromatic carbocycles. The molecule has 1 aliphatic heterocycles. The van der Waals surface area contributed by atoms with E-state index in [1.165, 1.54) is 16.7 Å². The predicted octanol–water partition coefficient (Wildman–Crippen LogP) is 3.05. The van der Waals surface area contributed by atoms with Gasteiger partial charge in [-0.3, -0.25) is 0 Å². The molecule has 122 valence electrons. The van der Waals surface area contributed by atoms with Gasteiger partial charge in [-0.15, -0.1) is 0 Å². The zero-order chi connectivity index (χ0) is 16.1. The largest absolute Gasteiger partial charge is 0.381 e. The summed E-state index contributed by atoms with van der Waals surface area (Å²) in [5.74, 6) is 0. The molecular formula is C18H28N2O2. The number of piperidine rings is 1. The van der Waals surface area contributed by atoms with Gasteiger partial charge in [-0.2, -0.15) is 0 Å². The van der Waals surface area contributed by atoms with Crippen LogP contribution in [0.15, 0.2) is 18.2 Å². The van der Waals surface area contributed by atoms with Crippen LogP contribution in [0, 0.1) is 13.8 Å². The van der Waals surface area contributed by atoms with E-state index in [4.69, 9.17) is 4.74 Å². The number of likely N-dealkylation sites (tertiary alicyclic amines) is 1. The normalized spacial score (nSPS) is 17.4. The summed E-state index contributed by atoms with van der Waals surface area (Å²) in [6.07, 6.45) is 3.02. The Morgan fingerprint density at radius 2 is 1.86 bits per heavy atom. The van der Waals surface area contributed by atoms with Gasteiger partial charge < -0.3 is 15.0 Å². The quantitative estimate of drug-likeness (QED) is 0.929. The fraction of sp³-hybridized carbons (Fsp3) is 0.611. The number of ether oxygens (including phenoxy) is 1. The molecule has 2 rings (SSSR count). The van der Waals surface area contributed by atoms with Crippen molar-refractivity contribution in [1.82, 2.24) is 10.2 Å². The van der Waals surface area contributed by atoms with E-state index in [9.17, 15) is 4.79 Å². The molecule has 0 aliphatic carbocycles. The standard InChI is InChI=1S/C18H28N2O2/c1-13-9-14(2)11-16(10-13)12-15(3)19-18(21)20-7-5-17(22-4)6-8-20/h9-11,15,17H,5-8,12H2,1-4H3,(H,19,21)/t15-/m1/s1. The van der Waals surface area contributed by atoms with Crippen molar-refractivity contribution in [3.8, 4) is 0 Å². The van der Waals surface area contributed by atoms with Gasteiger partial charge in [0.2, 0.25) is 0 Å². The van der Waals surface area contributed by atoms with Gasteiger partial charge in [0.15, 0.2) is 0 Å². The first-order chi connectivity index (χ1) is 10.5. The van der Waals surface area contributed by atoms with Gasteiger partial charge in [0.05, 0.1) is 6.10 Å². The molecule has 4 heteroatoms. The zero-order valence-corrected chi connectivity index (χ0v) is 14.2. The van der Waals surface area contributed by atoms with E-state index < -0.39 is 0 Å². The molecule has 0 unspecified atom stereocenters. The highest BCUT2D eigenvalue weighted by molar-refractivity contribution is 5.74. The monoisotopic (exact) mass is 304 g/mol. The SMILES string of the molecule is COC1CCN(C(=O)N[C@H](C)Cc2cc(C)cc(C)c2)CC1. The molecule has 1 aromatic rings. The predicted molar refractivity (Wildman–Crippen MR) is 89.2 cm³/mol. The maximum absolute atomic E-state index is 12.3. The molecule has 2 amide bonds. The number of benzene rings is 1. The number of hydrogen-bond donors (Lipinski definition) is 1. The van der Waals surface area contributed by atoms with E-state index in [-0.39, 0.29) is 12.1 Å². The van der Waals surface area contributed by atoms with Crippen LogP contribution in [-0.4, -0.2) is 43.3 Å². The van der Waals surface area contributed by atoms with E-state index in [0.717, 1.165) is 32.4 Å². The fourth-order valence-electron chi connectivity index (χ4n) is 3.19. The van der Waals surface area contributed by atoms with Crippen molar-refractivity contribution < 1.29 is 9.53 Å². The molecule has 4 nitrogen and oxygen atoms in total. The second kappa shape index (κ2) is 7.63. The topological polar surface area (TPSA) is 41.6 Å². The molecule has 1 fully saturated rings. The van der Waals surface area contributed by atoms with E-state index in [1.54, 1.807) is 7.11 Å². The number of hydrogen-bond acceptors (Lipinski definition) is 2. The van der Waals surface area contributed by atoms with Gasteiger partial charge in [-0.25, -0.2) is 4.79 Å². The van der Waals surface area contributed by atoms with Crippen molar-refractivity contribution in [2.24, 2.45) is 0 Å². The minimum atomic E-state index is 0.0476. The lowest BCUT2D eigenvalue weighted by molar-refractivity contribution is 0.0500. The number of methoxy groups -OCH3 is 1. The number of amides is 2. The third-order valence-corrected chi connectivity index (χ3v) is 4.26. The number of nitrogens with zero attached hydrogens (tertiary/aromatic N) is 1. The van der Waals surface area contributed by atoms with Gasteiger partial charge in [0, 0.05) is 26.2 Å². The van der Waals surface area contributed by atoms with E-state index in [2.05, 4.69) is 44.3 Å². The van der Waals surface area contributed by atoms with Crippen molar-refractivity contribution in [3.63, 3.8) is 0 Å². The van der Waals surface area contributed by atoms with Gasteiger partial charge in [0.25, 0.3) is 0 Å². The second-order valence-corrected chi connectivity index (χ2v) is 6.47. The van der Waals surface area contributed by atoms with Gasteiger partial charge in [-0.1, -0.05) is 29.3 Å². The highest BCUT2D eigenvalue weighted by atomic mass is 16.5. The van der Waals surface area contributed by atoms with Crippen LogP contribution >= 0.6 is 0 Å². The molecule has 0 radical (unpaired) electrons. The lowest BCUT2D eigenvalue weighted by Gasteiger charge is -2.32. The first-order valence-corrected chi connectivity index (χ1v) is 8.13. The summed E-state index contributed by atoms with van der Waals surface area (Å²) in [5, 5.41) is 3.12. The minimum absolute atomic E-state index is 0.0476. The van der Waals surface area contributed by atoms with Crippen molar-refractivity contribution in [2.75, 3.05) is 20.2 Å². The van der Waals surface area contributed by atoms with Gasteiger partial charge >= 0.3 is 6.03 Å². The van der Waals surface area contributed by atoms with Crippen LogP contribution < -0.4 is 5.32 Å². The van der Waals surface area contributed by atoms with Gasteiger partial charge in [0.1, 0.15) is 0 Å². The summed E-state index contributed by atoms with van der Waals surface area (Å²) in [5.41, 5.74) is 3.83. The minimum Gasteiger partial charge on any atom is -0.381 e. The van der Waals surface area contributed by atoms with Crippen LogP contribution in [0.5, 0.6) is 0 Å². The van der Waals surface area contributed by atoms with E-state index in [1.807, 2.05) is 4.90 Å². The first-order valence-electron chi connectivity index (χ1n) is 8.13. The summed E-state index contributed by atoms with van der Waals surface area (Å²) in [4.78, 5) is 14.2. The van der Waals surface area contributed by atoms with Crippen LogP contribution in [0.1, 0.15) is 36.5 Å². The number of urea groups is 1. The molecule has 0 bridgehead atoms. The number of nitrogens with one attached hydrogen (secondary N) is 1. The third kappa shape index (κ3) is 4.73. The van der Waals surface area contributed by atoms with E-state index in [0.29, 0.717) is 6.10 Å². The lowest BCUT2D eigenvalue weighted by Crippen LogP contribution is -2.48. The van der Waals surface area contributed by atoms with Gasteiger partial charge in [-0.05, 0) is 45.6 Å². The van der Waals surface area contributed by atoms with Crippen LogP contribution in [0.4, 0.5) is 4.79 Å². The summed E-state index contributed by atoms with van der Waals surface area (Å²) >= 11 is 0. The molecule has 1 heterocycles. The Bertz CT molecular complexity index is 488. The molecule has 22 heavy (non-hydrogen) atoms. The van der Waals surface area contributed by atoms with Crippen LogP contribution in [0.25, 0.3) is 0 Å². The molecule has 0 aromatic heterocycles. The summed E-state index contributed by atoms with van der Waals surface area (Å²) < 4.78 is 5.34. The fourth-order valence-corrected chi connectivity index (χ4v) is 3.19. The average molecular weight is 304 g/mol. The molecule has 1 N–H and O–H groups in total. The Balaban J connectivity index is 1.83. The van der Waals surface area contributed by atoms with Crippen LogP contribution in [0.2, 0.25) is 0 Å². The summed E-state index contributed by atoms with van der Waals surface area (Å²) in [6.45, 7) is 7.85. The van der Waals surface area contributed by atoms with Crippen LogP contribution in [-0.2, 0) is 11.2 Å². The van der Waals surface area contributed by atoms with Crippen molar-refractivity contribution >= 4 is 6.03 Å². The Hall–Kier alpha value is -1.55. The highest BCUT2D eigenvalue weighted by Gasteiger charge is 2.23. The number of rotatable bonds is 4. The zero-order valence-electron chi connectivity index (χ0n) is 14.2. The molecular weight excluding hydrogens is 276 g/mol.